The van der Waals surface area contributed by atoms with Crippen molar-refractivity contribution < 1.29 is 38.1 Å². The molecule has 3 unspecified atom stereocenters. The molecule has 0 fully saturated rings. The number of carbonyl (C=O) groups excluding carboxylic acids is 4. The molecule has 0 saturated carbocycles. The van der Waals surface area contributed by atoms with E-state index in [0.717, 1.165) is 11.1 Å². The Hall–Kier alpha value is -3.68. The number of rotatable bonds is 15. The van der Waals surface area contributed by atoms with E-state index in [4.69, 9.17) is 18.9 Å². The van der Waals surface area contributed by atoms with Crippen LogP contribution >= 0.6 is 0 Å². The van der Waals surface area contributed by atoms with Gasteiger partial charge in [0, 0.05) is 6.42 Å². The Kier molecular flexibility index (Phi) is 13.4. The van der Waals surface area contributed by atoms with Crippen molar-refractivity contribution in [1.29, 1.82) is 0 Å². The molecule has 0 spiro atoms. The molecule has 0 aromatic heterocycles. The minimum atomic E-state index is -0.840. The second kappa shape index (κ2) is 16.4. The first-order valence-corrected chi connectivity index (χ1v) is 13.9. The molecule has 0 aliphatic carbocycles. The maximum Gasteiger partial charge on any atom is 0.311 e. The summed E-state index contributed by atoms with van der Waals surface area (Å²) in [7, 11) is 0. The summed E-state index contributed by atoms with van der Waals surface area (Å²) in [4.78, 5) is 49.9. The maximum atomic E-state index is 12.7. The van der Waals surface area contributed by atoms with Crippen LogP contribution in [0.4, 0.5) is 0 Å². The molecule has 0 amide bonds. The van der Waals surface area contributed by atoms with Crippen LogP contribution in [0.1, 0.15) is 67.2 Å². The van der Waals surface area contributed by atoms with Gasteiger partial charge in [0.2, 0.25) is 0 Å². The highest BCUT2D eigenvalue weighted by Crippen LogP contribution is 2.26. The average molecular weight is 555 g/mol. The molecule has 40 heavy (non-hydrogen) atoms. The molecule has 8 nitrogen and oxygen atoms in total. The van der Waals surface area contributed by atoms with E-state index in [0.29, 0.717) is 18.6 Å². The van der Waals surface area contributed by atoms with Crippen LogP contribution in [0.5, 0.6) is 5.75 Å². The summed E-state index contributed by atoms with van der Waals surface area (Å²) in [5.74, 6) is -3.67. The summed E-state index contributed by atoms with van der Waals surface area (Å²) in [6.07, 6.45) is 0.572. The highest BCUT2D eigenvalue weighted by atomic mass is 16.6. The molecular formula is C32H42O8. The summed E-state index contributed by atoms with van der Waals surface area (Å²) in [5, 5.41) is 0. The molecule has 2 aromatic rings. The number of benzene rings is 2. The summed E-state index contributed by atoms with van der Waals surface area (Å²) in [6, 6.07) is 17.2. The van der Waals surface area contributed by atoms with E-state index < -0.39 is 35.7 Å². The predicted molar refractivity (Wildman–Crippen MR) is 151 cm³/mol. The Morgan fingerprint density at radius 3 is 1.85 bits per heavy atom. The molecule has 0 aliphatic rings. The first-order chi connectivity index (χ1) is 19.0. The lowest BCUT2D eigenvalue weighted by molar-refractivity contribution is -0.166. The predicted octanol–water partition coefficient (Wildman–Crippen LogP) is 6.15. The zero-order valence-corrected chi connectivity index (χ0v) is 24.4. The van der Waals surface area contributed by atoms with Crippen molar-refractivity contribution in [2.45, 2.75) is 79.4 Å². The van der Waals surface area contributed by atoms with Gasteiger partial charge >= 0.3 is 23.9 Å². The van der Waals surface area contributed by atoms with Gasteiger partial charge in [-0.25, -0.2) is 0 Å². The highest BCUT2D eigenvalue weighted by Gasteiger charge is 2.36. The molecule has 218 valence electrons. The maximum absolute atomic E-state index is 12.7. The fourth-order valence-electron chi connectivity index (χ4n) is 4.02. The van der Waals surface area contributed by atoms with Gasteiger partial charge in [0.25, 0.3) is 0 Å². The Morgan fingerprint density at radius 2 is 1.25 bits per heavy atom. The second-order valence-corrected chi connectivity index (χ2v) is 10.5. The third kappa shape index (κ3) is 11.2. The summed E-state index contributed by atoms with van der Waals surface area (Å²) in [6.45, 7) is 10.3. The zero-order valence-electron chi connectivity index (χ0n) is 24.4. The Bertz CT molecular complexity index is 1090. The standard InChI is InChI=1S/C32H42O8/c1-21(2)38-31(35)24(6)28(32(36)39-22(3)4)20-23(5)30(34)37-19-11-10-14-29(33)40-27-17-15-26(16-18-27)25-12-8-7-9-13-25/h7-9,12-13,15-18,21-24,28H,10-11,14,19-20H2,1-6H3. The Balaban J connectivity index is 1.76. The third-order valence-electron chi connectivity index (χ3n) is 6.20. The molecule has 2 rings (SSSR count). The van der Waals surface area contributed by atoms with Gasteiger partial charge < -0.3 is 18.9 Å². The first-order valence-electron chi connectivity index (χ1n) is 13.9. The number of unbranched alkanes of at least 4 members (excludes halogenated alkanes) is 1. The van der Waals surface area contributed by atoms with Crippen molar-refractivity contribution in [3.63, 3.8) is 0 Å². The molecule has 8 heteroatoms. The van der Waals surface area contributed by atoms with E-state index in [1.165, 1.54) is 0 Å². The van der Waals surface area contributed by atoms with Gasteiger partial charge in [-0.15, -0.1) is 0 Å². The SMILES string of the molecule is CC(C)OC(=O)C(C)C(CC(C)C(=O)OCCCCC(=O)Oc1ccc(-c2ccccc2)cc1)C(=O)OC(C)C. The topological polar surface area (TPSA) is 105 Å². The largest absolute Gasteiger partial charge is 0.465 e. The van der Waals surface area contributed by atoms with E-state index >= 15 is 0 Å². The molecule has 3 atom stereocenters. The number of ether oxygens (including phenoxy) is 4. The van der Waals surface area contributed by atoms with Crippen LogP contribution in [0.3, 0.4) is 0 Å². The molecular weight excluding hydrogens is 512 g/mol. The summed E-state index contributed by atoms with van der Waals surface area (Å²) >= 11 is 0. The molecule has 0 bridgehead atoms. The third-order valence-corrected chi connectivity index (χ3v) is 6.20. The van der Waals surface area contributed by atoms with Crippen molar-refractivity contribution in [3.8, 4) is 16.9 Å². The van der Waals surface area contributed by atoms with Crippen LogP contribution in [0.25, 0.3) is 11.1 Å². The van der Waals surface area contributed by atoms with Crippen molar-refractivity contribution in [3.05, 3.63) is 54.6 Å². The lowest BCUT2D eigenvalue weighted by Gasteiger charge is -2.25. The minimum Gasteiger partial charge on any atom is -0.465 e. The summed E-state index contributed by atoms with van der Waals surface area (Å²) < 4.78 is 21.4. The lowest BCUT2D eigenvalue weighted by atomic mass is 9.85. The molecule has 0 heterocycles. The van der Waals surface area contributed by atoms with Gasteiger partial charge in [-0.05, 0) is 70.2 Å². The van der Waals surface area contributed by atoms with Crippen LogP contribution in [0, 0.1) is 17.8 Å². The molecule has 0 aliphatic heterocycles. The van der Waals surface area contributed by atoms with Gasteiger partial charge in [-0.2, -0.15) is 0 Å². The van der Waals surface area contributed by atoms with E-state index in [1.807, 2.05) is 42.5 Å². The number of hydrogen-bond donors (Lipinski definition) is 0. The number of esters is 4. The van der Waals surface area contributed by atoms with Gasteiger partial charge in [0.1, 0.15) is 5.75 Å². The van der Waals surface area contributed by atoms with Gasteiger partial charge in [0.05, 0.1) is 36.6 Å². The molecule has 0 saturated heterocycles. The highest BCUT2D eigenvalue weighted by molar-refractivity contribution is 5.83. The van der Waals surface area contributed by atoms with Crippen LogP contribution in [0.2, 0.25) is 0 Å². The van der Waals surface area contributed by atoms with E-state index in [9.17, 15) is 19.2 Å². The van der Waals surface area contributed by atoms with Crippen molar-refractivity contribution >= 4 is 23.9 Å². The smallest absolute Gasteiger partial charge is 0.311 e. The quantitative estimate of drug-likeness (QED) is 0.112. The normalized spacial score (nSPS) is 13.3. The van der Waals surface area contributed by atoms with Crippen molar-refractivity contribution in [1.82, 2.24) is 0 Å². The Morgan fingerprint density at radius 1 is 0.675 bits per heavy atom. The summed E-state index contributed by atoms with van der Waals surface area (Å²) in [5.41, 5.74) is 2.11. The minimum absolute atomic E-state index is 0.0914. The number of hydrogen-bond acceptors (Lipinski definition) is 8. The number of carbonyl (C=O) groups is 4. The van der Waals surface area contributed by atoms with Gasteiger partial charge in [-0.1, -0.05) is 56.3 Å². The van der Waals surface area contributed by atoms with Crippen molar-refractivity contribution in [2.75, 3.05) is 6.61 Å². The fourth-order valence-corrected chi connectivity index (χ4v) is 4.02. The second-order valence-electron chi connectivity index (χ2n) is 10.5. The van der Waals surface area contributed by atoms with E-state index in [1.54, 1.807) is 53.7 Å². The van der Waals surface area contributed by atoms with Crippen LogP contribution in [-0.4, -0.2) is 42.7 Å². The van der Waals surface area contributed by atoms with Gasteiger partial charge in [0.15, 0.2) is 0 Å². The van der Waals surface area contributed by atoms with Crippen LogP contribution in [-0.2, 0) is 33.4 Å². The van der Waals surface area contributed by atoms with Crippen LogP contribution < -0.4 is 4.74 Å². The van der Waals surface area contributed by atoms with Gasteiger partial charge in [-0.3, -0.25) is 19.2 Å². The van der Waals surface area contributed by atoms with Crippen LogP contribution in [0.15, 0.2) is 54.6 Å². The van der Waals surface area contributed by atoms with Crippen molar-refractivity contribution in [2.24, 2.45) is 17.8 Å². The molecule has 0 N–H and O–H groups in total. The molecule has 2 aromatic carbocycles. The Labute approximate surface area is 237 Å². The average Bonchev–Trinajstić information content (AvgIpc) is 2.91. The fraction of sp³-hybridized carbons (Fsp3) is 0.500. The monoisotopic (exact) mass is 554 g/mol. The van der Waals surface area contributed by atoms with E-state index in [2.05, 4.69) is 0 Å². The lowest BCUT2D eigenvalue weighted by Crippen LogP contribution is -2.35. The van der Waals surface area contributed by atoms with E-state index in [-0.39, 0.29) is 37.6 Å². The first kappa shape index (κ1) is 32.5. The molecule has 0 radical (unpaired) electrons. The zero-order chi connectivity index (χ0) is 29.7.